The number of rotatable bonds is 2. The molecule has 0 bridgehead atoms. The van der Waals surface area contributed by atoms with Crippen LogP contribution in [0, 0.1) is 10.7 Å². The van der Waals surface area contributed by atoms with Gasteiger partial charge >= 0.3 is 0 Å². The van der Waals surface area contributed by atoms with Crippen LogP contribution in [0.1, 0.15) is 6.23 Å². The molecule has 2 aromatic heterocycles. The van der Waals surface area contributed by atoms with Gasteiger partial charge in [0.1, 0.15) is 24.0 Å². The summed E-state index contributed by atoms with van der Waals surface area (Å²) in [6.07, 6.45) is -3.49. The van der Waals surface area contributed by atoms with Crippen molar-refractivity contribution in [3.05, 3.63) is 33.2 Å². The lowest BCUT2D eigenvalue weighted by atomic mass is 10.1. The first-order valence-corrected chi connectivity index (χ1v) is 6.77. The zero-order valence-electron chi connectivity index (χ0n) is 11.0. The fourth-order valence-electron chi connectivity index (χ4n) is 2.38. The molecule has 1 aliphatic rings. The minimum Gasteiger partial charge on any atom is -0.394 e. The predicted octanol–water partition coefficient (Wildman–Crippen LogP) is -0.795. The van der Waals surface area contributed by atoms with Crippen molar-refractivity contribution in [1.29, 1.82) is 0 Å². The number of aliphatic hydroxyl groups excluding tert-OH is 3. The number of aromatic nitrogens is 3. The van der Waals surface area contributed by atoms with Gasteiger partial charge in [-0.3, -0.25) is 9.36 Å². The molecule has 0 spiro atoms. The van der Waals surface area contributed by atoms with Crippen molar-refractivity contribution in [2.24, 2.45) is 0 Å². The summed E-state index contributed by atoms with van der Waals surface area (Å²) in [7, 11) is 0. The third-order valence-electron chi connectivity index (χ3n) is 3.50. The minimum atomic E-state index is -1.36. The van der Waals surface area contributed by atoms with Gasteiger partial charge in [-0.05, 0) is 12.2 Å². The van der Waals surface area contributed by atoms with E-state index in [0.29, 0.717) is 0 Å². The van der Waals surface area contributed by atoms with Gasteiger partial charge in [0, 0.05) is 12.3 Å². The largest absolute Gasteiger partial charge is 0.394 e. The highest BCUT2D eigenvalue weighted by Gasteiger charge is 2.43. The van der Waals surface area contributed by atoms with E-state index in [1.54, 1.807) is 0 Å². The van der Waals surface area contributed by atoms with Crippen molar-refractivity contribution < 1.29 is 24.4 Å². The second-order valence-electron chi connectivity index (χ2n) is 4.90. The van der Waals surface area contributed by atoms with Crippen molar-refractivity contribution in [1.82, 2.24) is 14.5 Å². The summed E-state index contributed by atoms with van der Waals surface area (Å²) < 4.78 is 19.6. The number of aliphatic hydroxyl groups is 3. The molecule has 118 valence electrons. The third-order valence-corrected chi connectivity index (χ3v) is 3.81. The smallest absolute Gasteiger partial charge is 0.203 e. The topological polar surface area (TPSA) is 121 Å². The molecule has 10 heteroatoms. The first-order valence-electron chi connectivity index (χ1n) is 6.36. The lowest BCUT2D eigenvalue weighted by Gasteiger charge is -2.18. The van der Waals surface area contributed by atoms with E-state index in [-0.39, 0.29) is 15.8 Å². The van der Waals surface area contributed by atoms with Crippen LogP contribution in [0.5, 0.6) is 0 Å². The van der Waals surface area contributed by atoms with Crippen molar-refractivity contribution in [3.63, 3.8) is 0 Å². The fraction of sp³-hybridized carbons (Fsp3) is 0.417. The molecule has 0 amide bonds. The van der Waals surface area contributed by atoms with Gasteiger partial charge < -0.3 is 25.0 Å². The minimum absolute atomic E-state index is 0.0296. The maximum Gasteiger partial charge on any atom is 0.203 e. The first-order chi connectivity index (χ1) is 10.4. The molecule has 2 unspecified atom stereocenters. The molecule has 2 aromatic rings. The van der Waals surface area contributed by atoms with Gasteiger partial charge in [0.05, 0.1) is 12.0 Å². The quantitative estimate of drug-likeness (QED) is 0.421. The van der Waals surface area contributed by atoms with Crippen LogP contribution < -0.4 is 5.43 Å². The number of hydrogen-bond donors (Lipinski definition) is 4. The maximum absolute atomic E-state index is 13.2. The highest BCUT2D eigenvalue weighted by Crippen LogP contribution is 2.29. The van der Waals surface area contributed by atoms with E-state index in [1.807, 2.05) is 0 Å². The van der Waals surface area contributed by atoms with Crippen molar-refractivity contribution in [2.75, 3.05) is 6.61 Å². The zero-order chi connectivity index (χ0) is 16.0. The molecular weight excluding hydrogens is 317 g/mol. The van der Waals surface area contributed by atoms with Gasteiger partial charge in [0.2, 0.25) is 4.77 Å². The Labute approximate surface area is 127 Å². The van der Waals surface area contributed by atoms with E-state index in [4.69, 9.17) is 22.1 Å². The molecule has 1 saturated heterocycles. The summed E-state index contributed by atoms with van der Waals surface area (Å²) >= 11 is 5.04. The van der Waals surface area contributed by atoms with Crippen LogP contribution in [-0.4, -0.2) is 54.8 Å². The highest BCUT2D eigenvalue weighted by atomic mass is 32.1. The summed E-state index contributed by atoms with van der Waals surface area (Å²) in [4.78, 5) is 18.0. The monoisotopic (exact) mass is 329 g/mol. The molecule has 0 radical (unpaired) electrons. The Balaban J connectivity index is 2.14. The number of halogens is 1. The van der Waals surface area contributed by atoms with Crippen LogP contribution in [0.25, 0.3) is 11.0 Å². The van der Waals surface area contributed by atoms with Gasteiger partial charge in [-0.25, -0.2) is 4.98 Å². The van der Waals surface area contributed by atoms with Crippen LogP contribution in [0.2, 0.25) is 0 Å². The van der Waals surface area contributed by atoms with Crippen LogP contribution in [-0.2, 0) is 4.74 Å². The van der Waals surface area contributed by atoms with Crippen molar-refractivity contribution in [3.8, 4) is 0 Å². The SMILES string of the molecule is O=c1cc(F)[nH]c2nc(=S)n([C@@H]3O[C@H](CO)C(O)C3O)cc12. The van der Waals surface area contributed by atoms with Crippen LogP contribution in [0.4, 0.5) is 4.39 Å². The molecule has 1 fully saturated rings. The van der Waals surface area contributed by atoms with Crippen LogP contribution >= 0.6 is 12.2 Å². The Kier molecular flexibility index (Phi) is 3.78. The molecule has 4 atom stereocenters. The van der Waals surface area contributed by atoms with Gasteiger partial charge in [0.15, 0.2) is 17.6 Å². The molecule has 3 heterocycles. The fourth-order valence-corrected chi connectivity index (χ4v) is 2.63. The molecule has 4 N–H and O–H groups in total. The molecule has 0 aliphatic carbocycles. The summed E-state index contributed by atoms with van der Waals surface area (Å²) in [6.45, 7) is -0.491. The average molecular weight is 329 g/mol. The summed E-state index contributed by atoms with van der Waals surface area (Å²) in [5, 5.41) is 28.9. The van der Waals surface area contributed by atoms with Gasteiger partial charge in [-0.2, -0.15) is 4.39 Å². The molecule has 8 nitrogen and oxygen atoms in total. The van der Waals surface area contributed by atoms with Gasteiger partial charge in [-0.1, -0.05) is 0 Å². The van der Waals surface area contributed by atoms with E-state index >= 15 is 0 Å². The maximum atomic E-state index is 13.2. The standard InChI is InChI=1S/C12H12FN3O5S/c13-7-1-5(18)4-2-16(12(22)15-10(4)14-7)11-9(20)8(19)6(3-17)21-11/h1-2,6,8-9,11,17,19-20H,3H2,(H,14,15,22)/t6-,8?,9?,11-/m1/s1. The van der Waals surface area contributed by atoms with Gasteiger partial charge in [0.25, 0.3) is 0 Å². The van der Waals surface area contributed by atoms with Crippen molar-refractivity contribution in [2.45, 2.75) is 24.5 Å². The van der Waals surface area contributed by atoms with E-state index in [2.05, 4.69) is 9.97 Å². The lowest BCUT2D eigenvalue weighted by Crippen LogP contribution is -2.33. The third kappa shape index (κ3) is 2.34. The lowest BCUT2D eigenvalue weighted by molar-refractivity contribution is -0.0538. The number of nitrogens with zero attached hydrogens (tertiary/aromatic N) is 2. The number of fused-ring (bicyclic) bond motifs is 1. The number of hydrogen-bond acceptors (Lipinski definition) is 7. The van der Waals surface area contributed by atoms with E-state index < -0.39 is 42.5 Å². The number of H-pyrrole nitrogens is 1. The van der Waals surface area contributed by atoms with Crippen molar-refractivity contribution >= 4 is 23.3 Å². The molecule has 0 saturated carbocycles. The molecule has 0 aromatic carbocycles. The Hall–Kier alpha value is -1.72. The zero-order valence-corrected chi connectivity index (χ0v) is 11.8. The Morgan fingerprint density at radius 2 is 2.18 bits per heavy atom. The summed E-state index contributed by atoms with van der Waals surface area (Å²) in [5.74, 6) is -0.843. The number of pyridine rings is 1. The average Bonchev–Trinajstić information content (AvgIpc) is 2.74. The predicted molar refractivity (Wildman–Crippen MR) is 74.2 cm³/mol. The summed E-state index contributed by atoms with van der Waals surface area (Å²) in [5.41, 5.74) is -0.646. The number of ether oxygens (including phenoxy) is 1. The number of nitrogens with one attached hydrogen (secondary N) is 1. The van der Waals surface area contributed by atoms with Crippen LogP contribution in [0.3, 0.4) is 0 Å². The summed E-state index contributed by atoms with van der Waals surface area (Å²) in [6, 6.07) is 0.759. The van der Waals surface area contributed by atoms with E-state index in [9.17, 15) is 19.4 Å². The van der Waals surface area contributed by atoms with Gasteiger partial charge in [-0.15, -0.1) is 0 Å². The van der Waals surface area contributed by atoms with E-state index in [1.165, 1.54) is 10.8 Å². The Bertz CT molecular complexity index is 838. The van der Waals surface area contributed by atoms with E-state index in [0.717, 1.165) is 6.07 Å². The second kappa shape index (κ2) is 5.48. The molecule has 3 rings (SSSR count). The van der Waals surface area contributed by atoms with Crippen LogP contribution in [0.15, 0.2) is 17.1 Å². The Morgan fingerprint density at radius 1 is 1.45 bits per heavy atom. The Morgan fingerprint density at radius 3 is 2.82 bits per heavy atom. The molecular formula is C12H12FN3O5S. The highest BCUT2D eigenvalue weighted by molar-refractivity contribution is 7.71. The second-order valence-corrected chi connectivity index (χ2v) is 5.27. The molecule has 1 aliphatic heterocycles. The number of aromatic amines is 1. The normalized spacial score (nSPS) is 28.4. The first kappa shape index (κ1) is 15.2. The molecule has 22 heavy (non-hydrogen) atoms.